The predicted molar refractivity (Wildman–Crippen MR) is 202 cm³/mol. The van der Waals surface area contributed by atoms with E-state index >= 15 is 0 Å². The molecule has 4 heteroatoms. The van der Waals surface area contributed by atoms with E-state index in [2.05, 4.69) is 156 Å². The number of rotatable bonds is 3. The minimum Gasteiger partial charge on any atom is -0.308 e. The first-order chi connectivity index (χ1) is 23.3. The van der Waals surface area contributed by atoms with Gasteiger partial charge in [0.15, 0.2) is 0 Å². The van der Waals surface area contributed by atoms with Crippen LogP contribution in [0.1, 0.15) is 5.56 Å². The van der Waals surface area contributed by atoms with Crippen molar-refractivity contribution in [1.29, 1.82) is 5.26 Å². The Balaban J connectivity index is 1.26. The quantitative estimate of drug-likeness (QED) is 0.190. The van der Waals surface area contributed by atoms with Gasteiger partial charge in [-0.3, -0.25) is 0 Å². The average Bonchev–Trinajstić information content (AvgIpc) is 3.81. The van der Waals surface area contributed by atoms with Crippen molar-refractivity contribution >= 4 is 84.8 Å². The third-order valence-corrected chi connectivity index (χ3v) is 11.8. The van der Waals surface area contributed by atoms with E-state index in [1.165, 1.54) is 68.8 Å². The van der Waals surface area contributed by atoms with Crippen molar-refractivity contribution in [3.05, 3.63) is 151 Å². The lowest BCUT2D eigenvalue weighted by Crippen LogP contribution is -1.94. The molecule has 0 saturated heterocycles. The Kier molecular flexibility index (Phi) is 5.71. The Morgan fingerprint density at radius 1 is 0.468 bits per heavy atom. The normalized spacial score (nSPS) is 11.8. The molecule has 0 aliphatic carbocycles. The van der Waals surface area contributed by atoms with Crippen LogP contribution in [0.5, 0.6) is 0 Å². The van der Waals surface area contributed by atoms with Crippen LogP contribution >= 0.6 is 22.7 Å². The minimum atomic E-state index is 0.717. The molecule has 47 heavy (non-hydrogen) atoms. The molecule has 10 aromatic rings. The fraction of sp³-hybridized carbons (Fsp3) is 0. The van der Waals surface area contributed by atoms with Gasteiger partial charge in [0.25, 0.3) is 0 Å². The van der Waals surface area contributed by atoms with Gasteiger partial charge in [-0.1, -0.05) is 103 Å². The van der Waals surface area contributed by atoms with Crippen molar-refractivity contribution in [3.8, 4) is 34.0 Å². The van der Waals surface area contributed by atoms with Gasteiger partial charge in [-0.05, 0) is 64.7 Å². The summed E-state index contributed by atoms with van der Waals surface area (Å²) in [5, 5.41) is 17.8. The SMILES string of the molecule is N#Cc1cc(-c2cccc3sc4ccccc4c23)cc2c1sc1c(-n3c4ccccc4c4ccc(-c5ccccc5)cc43)cccc12. The van der Waals surface area contributed by atoms with E-state index in [0.717, 1.165) is 26.9 Å². The van der Waals surface area contributed by atoms with E-state index < -0.39 is 0 Å². The van der Waals surface area contributed by atoms with Crippen molar-refractivity contribution in [2.24, 2.45) is 0 Å². The second kappa shape index (κ2) is 10.1. The molecule has 0 bridgehead atoms. The van der Waals surface area contributed by atoms with E-state index in [-0.39, 0.29) is 0 Å². The first-order valence-corrected chi connectivity index (χ1v) is 17.3. The van der Waals surface area contributed by atoms with Crippen molar-refractivity contribution in [2.75, 3.05) is 0 Å². The molecule has 2 nitrogen and oxygen atoms in total. The molecule has 10 rings (SSSR count). The summed E-state index contributed by atoms with van der Waals surface area (Å²) in [6.07, 6.45) is 0. The molecule has 0 amide bonds. The van der Waals surface area contributed by atoms with E-state index in [9.17, 15) is 5.26 Å². The summed E-state index contributed by atoms with van der Waals surface area (Å²) < 4.78 is 7.18. The van der Waals surface area contributed by atoms with Crippen molar-refractivity contribution in [1.82, 2.24) is 4.57 Å². The molecule has 3 aromatic heterocycles. The number of benzene rings is 7. The Morgan fingerprint density at radius 3 is 2.11 bits per heavy atom. The minimum absolute atomic E-state index is 0.717. The van der Waals surface area contributed by atoms with E-state index in [4.69, 9.17) is 0 Å². The maximum Gasteiger partial charge on any atom is 0.101 e. The summed E-state index contributed by atoms with van der Waals surface area (Å²) >= 11 is 3.55. The van der Waals surface area contributed by atoms with Gasteiger partial charge in [-0.25, -0.2) is 0 Å². The number of hydrogen-bond acceptors (Lipinski definition) is 3. The van der Waals surface area contributed by atoms with Crippen LogP contribution in [-0.2, 0) is 0 Å². The molecule has 0 atom stereocenters. The smallest absolute Gasteiger partial charge is 0.101 e. The second-order valence-electron chi connectivity index (χ2n) is 12.0. The Morgan fingerprint density at radius 2 is 1.21 bits per heavy atom. The fourth-order valence-corrected chi connectivity index (χ4v) is 9.74. The first-order valence-electron chi connectivity index (χ1n) is 15.7. The largest absolute Gasteiger partial charge is 0.308 e. The topological polar surface area (TPSA) is 28.7 Å². The zero-order chi connectivity index (χ0) is 31.1. The predicted octanol–water partition coefficient (Wildman–Crippen LogP) is 12.7. The first kappa shape index (κ1) is 26.5. The van der Waals surface area contributed by atoms with Crippen LogP contribution < -0.4 is 0 Å². The lowest BCUT2D eigenvalue weighted by molar-refractivity contribution is 1.20. The van der Waals surface area contributed by atoms with E-state index in [1.807, 2.05) is 11.3 Å². The van der Waals surface area contributed by atoms with Crippen molar-refractivity contribution in [2.45, 2.75) is 0 Å². The molecule has 0 saturated carbocycles. The highest BCUT2D eigenvalue weighted by Gasteiger charge is 2.20. The van der Waals surface area contributed by atoms with Gasteiger partial charge in [0.05, 0.1) is 31.7 Å². The monoisotopic (exact) mass is 632 g/mol. The zero-order valence-electron chi connectivity index (χ0n) is 25.1. The van der Waals surface area contributed by atoms with Gasteiger partial charge in [0.2, 0.25) is 0 Å². The maximum absolute atomic E-state index is 10.5. The van der Waals surface area contributed by atoms with Gasteiger partial charge in [-0.15, -0.1) is 22.7 Å². The van der Waals surface area contributed by atoms with Gasteiger partial charge in [0, 0.05) is 41.7 Å². The number of hydrogen-bond donors (Lipinski definition) is 0. The van der Waals surface area contributed by atoms with Crippen LogP contribution in [0.3, 0.4) is 0 Å². The lowest BCUT2D eigenvalue weighted by Gasteiger charge is -2.10. The number of thiophene rings is 2. The highest BCUT2D eigenvalue weighted by molar-refractivity contribution is 7.26. The van der Waals surface area contributed by atoms with Crippen LogP contribution in [-0.4, -0.2) is 4.57 Å². The summed E-state index contributed by atoms with van der Waals surface area (Å²) in [6, 6.07) is 54.8. The highest BCUT2D eigenvalue weighted by atomic mass is 32.1. The number of nitriles is 1. The van der Waals surface area contributed by atoms with Gasteiger partial charge in [0.1, 0.15) is 6.07 Å². The summed E-state index contributed by atoms with van der Waals surface area (Å²) in [5.41, 5.74) is 8.85. The molecule has 7 aromatic carbocycles. The molecule has 0 aliphatic heterocycles. The average molecular weight is 633 g/mol. The third kappa shape index (κ3) is 3.88. The van der Waals surface area contributed by atoms with Crippen LogP contribution in [0.4, 0.5) is 0 Å². The van der Waals surface area contributed by atoms with Gasteiger partial charge < -0.3 is 4.57 Å². The van der Waals surface area contributed by atoms with Crippen molar-refractivity contribution in [3.63, 3.8) is 0 Å². The van der Waals surface area contributed by atoms with Crippen molar-refractivity contribution < 1.29 is 0 Å². The van der Waals surface area contributed by atoms with E-state index in [0.29, 0.717) is 0 Å². The van der Waals surface area contributed by atoms with Gasteiger partial charge in [-0.2, -0.15) is 5.26 Å². The standard InChI is InChI=1S/C43H24N2S2/c44-25-29-22-28(30-14-9-19-40-41(30)34-13-5-7-18-39(34)46-40)23-35-33-15-8-17-37(43(33)47-42(29)35)45-36-16-6-4-12-31(36)32-21-20-27(24-38(32)45)26-10-2-1-3-11-26/h1-24H. The summed E-state index contributed by atoms with van der Waals surface area (Å²) in [5.74, 6) is 0. The maximum atomic E-state index is 10.5. The molecule has 0 unspecified atom stereocenters. The molecule has 0 radical (unpaired) electrons. The molecular formula is C43H24N2S2. The molecule has 218 valence electrons. The van der Waals surface area contributed by atoms with E-state index in [1.54, 1.807) is 11.3 Å². The molecule has 3 heterocycles. The fourth-order valence-electron chi connectivity index (χ4n) is 7.36. The number of fused-ring (bicyclic) bond motifs is 9. The van der Waals surface area contributed by atoms with Crippen LogP contribution in [0.2, 0.25) is 0 Å². The number of nitrogens with zero attached hydrogens (tertiary/aromatic N) is 2. The summed E-state index contributed by atoms with van der Waals surface area (Å²) in [7, 11) is 0. The molecular weight excluding hydrogens is 609 g/mol. The number of aromatic nitrogens is 1. The third-order valence-electron chi connectivity index (χ3n) is 9.43. The molecule has 0 spiro atoms. The van der Waals surface area contributed by atoms with Crippen LogP contribution in [0.15, 0.2) is 146 Å². The van der Waals surface area contributed by atoms with Crippen LogP contribution in [0.25, 0.3) is 90.1 Å². The molecule has 0 N–H and O–H groups in total. The Labute approximate surface area is 278 Å². The Hall–Kier alpha value is -5.73. The number of para-hydroxylation sites is 1. The highest BCUT2D eigenvalue weighted by Crippen LogP contribution is 2.46. The zero-order valence-corrected chi connectivity index (χ0v) is 26.7. The molecule has 0 aliphatic rings. The van der Waals surface area contributed by atoms with Gasteiger partial charge >= 0.3 is 0 Å². The van der Waals surface area contributed by atoms with Crippen LogP contribution in [0, 0.1) is 11.3 Å². The summed E-state index contributed by atoms with van der Waals surface area (Å²) in [4.78, 5) is 0. The lowest BCUT2D eigenvalue weighted by atomic mass is 9.96. The molecule has 0 fully saturated rings. The summed E-state index contributed by atoms with van der Waals surface area (Å²) in [6.45, 7) is 0. The Bertz CT molecular complexity index is 2920. The second-order valence-corrected chi connectivity index (χ2v) is 14.1.